The van der Waals surface area contributed by atoms with Crippen molar-refractivity contribution in [3.05, 3.63) is 64.5 Å². The van der Waals surface area contributed by atoms with E-state index >= 15 is 0 Å². The van der Waals surface area contributed by atoms with Crippen molar-refractivity contribution < 1.29 is 13.9 Å². The molecule has 5 heteroatoms. The summed E-state index contributed by atoms with van der Waals surface area (Å²) in [6, 6.07) is 11.0. The van der Waals surface area contributed by atoms with Crippen LogP contribution in [0.25, 0.3) is 0 Å². The number of fused-ring (bicyclic) bond motifs is 1. The lowest BCUT2D eigenvalue weighted by molar-refractivity contribution is -0.0704. The first-order valence-electron chi connectivity index (χ1n) is 10.5. The summed E-state index contributed by atoms with van der Waals surface area (Å²) in [4.78, 5) is 17.4. The topological polar surface area (TPSA) is 32.8 Å². The van der Waals surface area contributed by atoms with Gasteiger partial charge in [0, 0.05) is 31.7 Å². The zero-order valence-corrected chi connectivity index (χ0v) is 17.5. The minimum atomic E-state index is -0.230. The average Bonchev–Trinajstić information content (AvgIpc) is 2.66. The van der Waals surface area contributed by atoms with Crippen molar-refractivity contribution in [1.29, 1.82) is 0 Å². The van der Waals surface area contributed by atoms with Gasteiger partial charge in [0.2, 0.25) is 0 Å². The molecule has 2 aliphatic heterocycles. The molecule has 1 fully saturated rings. The third-order valence-corrected chi connectivity index (χ3v) is 5.79. The van der Waals surface area contributed by atoms with Crippen LogP contribution in [0.15, 0.2) is 36.4 Å². The van der Waals surface area contributed by atoms with Gasteiger partial charge in [0.15, 0.2) is 0 Å². The van der Waals surface area contributed by atoms with Crippen LogP contribution in [0.5, 0.6) is 0 Å². The summed E-state index contributed by atoms with van der Waals surface area (Å²) in [5.74, 6) is -0.243. The number of hydrogen-bond donors (Lipinski definition) is 0. The molecule has 29 heavy (non-hydrogen) atoms. The van der Waals surface area contributed by atoms with Gasteiger partial charge in [-0.2, -0.15) is 0 Å². The average molecular weight is 397 g/mol. The number of nitrogens with zero attached hydrogens (tertiary/aromatic N) is 2. The Kier molecular flexibility index (Phi) is 5.70. The fraction of sp³-hybridized carbons (Fsp3) is 0.458. The molecule has 1 saturated heterocycles. The first kappa shape index (κ1) is 20.0. The Balaban J connectivity index is 1.50. The van der Waals surface area contributed by atoms with Crippen LogP contribution >= 0.6 is 0 Å². The van der Waals surface area contributed by atoms with Crippen molar-refractivity contribution in [3.63, 3.8) is 0 Å². The second kappa shape index (κ2) is 8.25. The van der Waals surface area contributed by atoms with Crippen LogP contribution in [0.1, 0.15) is 47.3 Å². The maximum absolute atomic E-state index is 13.8. The van der Waals surface area contributed by atoms with Gasteiger partial charge in [-0.05, 0) is 74.6 Å². The molecule has 2 aliphatic rings. The Bertz CT molecular complexity index is 886. The smallest absolute Gasteiger partial charge is 0.258 e. The molecule has 0 saturated carbocycles. The van der Waals surface area contributed by atoms with Gasteiger partial charge in [-0.1, -0.05) is 12.1 Å². The fourth-order valence-electron chi connectivity index (χ4n) is 4.70. The van der Waals surface area contributed by atoms with Gasteiger partial charge in [0.05, 0.1) is 17.9 Å². The Hall–Kier alpha value is -2.24. The van der Waals surface area contributed by atoms with Gasteiger partial charge >= 0.3 is 0 Å². The zero-order valence-electron chi connectivity index (χ0n) is 17.5. The number of aryl methyl sites for hydroxylation is 2. The van der Waals surface area contributed by atoms with E-state index in [9.17, 15) is 9.18 Å². The lowest BCUT2D eigenvalue weighted by Gasteiger charge is -2.35. The summed E-state index contributed by atoms with van der Waals surface area (Å²) >= 11 is 0. The van der Waals surface area contributed by atoms with Gasteiger partial charge in [-0.25, -0.2) is 4.39 Å². The van der Waals surface area contributed by atoms with Gasteiger partial charge in [-0.15, -0.1) is 0 Å². The Labute approximate surface area is 172 Å². The summed E-state index contributed by atoms with van der Waals surface area (Å²) in [7, 11) is 0. The first-order chi connectivity index (χ1) is 13.9. The molecular weight excluding hydrogens is 367 g/mol. The van der Waals surface area contributed by atoms with Crippen molar-refractivity contribution in [3.8, 4) is 0 Å². The Morgan fingerprint density at radius 3 is 2.52 bits per heavy atom. The number of rotatable bonds is 3. The van der Waals surface area contributed by atoms with Gasteiger partial charge < -0.3 is 9.64 Å². The summed E-state index contributed by atoms with van der Waals surface area (Å²) in [5, 5.41) is 0. The van der Waals surface area contributed by atoms with Crippen LogP contribution < -0.4 is 4.90 Å². The minimum Gasteiger partial charge on any atom is -0.373 e. The number of anilines is 1. The van der Waals surface area contributed by atoms with Crippen molar-refractivity contribution in [1.82, 2.24) is 4.90 Å². The number of halogens is 1. The van der Waals surface area contributed by atoms with Crippen LogP contribution in [0.3, 0.4) is 0 Å². The van der Waals surface area contributed by atoms with E-state index in [1.165, 1.54) is 11.6 Å². The summed E-state index contributed by atoms with van der Waals surface area (Å²) < 4.78 is 19.6. The van der Waals surface area contributed by atoms with E-state index in [2.05, 4.69) is 18.7 Å². The molecule has 0 bridgehead atoms. The number of ether oxygens (including phenoxy) is 1. The normalized spacial score (nSPS) is 22.4. The van der Waals surface area contributed by atoms with E-state index in [1.807, 2.05) is 36.1 Å². The molecule has 2 atom stereocenters. The molecule has 2 aromatic carbocycles. The van der Waals surface area contributed by atoms with Crippen LogP contribution in [-0.2, 0) is 17.7 Å². The van der Waals surface area contributed by atoms with Crippen LogP contribution in [0.4, 0.5) is 10.1 Å². The highest BCUT2D eigenvalue weighted by Crippen LogP contribution is 2.32. The van der Waals surface area contributed by atoms with Crippen LogP contribution in [0, 0.1) is 12.7 Å². The number of benzene rings is 2. The third-order valence-electron chi connectivity index (χ3n) is 5.79. The Morgan fingerprint density at radius 2 is 1.83 bits per heavy atom. The number of carbonyl (C=O) groups excluding carboxylic acids is 1. The lowest BCUT2D eigenvalue weighted by Crippen LogP contribution is -2.44. The number of carbonyl (C=O) groups is 1. The quantitative estimate of drug-likeness (QED) is 0.774. The van der Waals surface area contributed by atoms with Gasteiger partial charge in [0.1, 0.15) is 5.82 Å². The molecule has 4 nitrogen and oxygen atoms in total. The molecule has 0 N–H and O–H groups in total. The first-order valence-corrected chi connectivity index (χ1v) is 10.5. The molecule has 2 aromatic rings. The van der Waals surface area contributed by atoms with E-state index in [-0.39, 0.29) is 23.9 Å². The standard InChI is InChI=1S/C24H29FN2O2/c1-16-11-22(25)12-21-5-4-10-27(23(16)21)24(28)20-8-6-19(7-9-20)15-26-13-17(2)29-18(3)14-26/h6-9,11-12,17-18H,4-5,10,13-15H2,1-3H3. The Morgan fingerprint density at radius 1 is 1.14 bits per heavy atom. The lowest BCUT2D eigenvalue weighted by atomic mass is 9.97. The van der Waals surface area contributed by atoms with Crippen LogP contribution in [0.2, 0.25) is 0 Å². The molecule has 4 rings (SSSR count). The SMILES string of the molecule is Cc1cc(F)cc2c1N(C(=O)c1ccc(CN3CC(C)OC(C)C3)cc1)CCC2. The van der Waals surface area contributed by atoms with Gasteiger partial charge in [0.25, 0.3) is 5.91 Å². The van der Waals surface area contributed by atoms with E-state index in [1.54, 1.807) is 6.07 Å². The number of morpholine rings is 1. The molecule has 0 radical (unpaired) electrons. The largest absolute Gasteiger partial charge is 0.373 e. The molecule has 2 heterocycles. The van der Waals surface area contributed by atoms with E-state index in [0.717, 1.165) is 49.3 Å². The van der Waals surface area contributed by atoms with E-state index < -0.39 is 0 Å². The van der Waals surface area contributed by atoms with E-state index in [0.29, 0.717) is 12.1 Å². The maximum Gasteiger partial charge on any atom is 0.258 e. The van der Waals surface area contributed by atoms with Crippen LogP contribution in [-0.4, -0.2) is 42.6 Å². The molecule has 0 aliphatic carbocycles. The third kappa shape index (κ3) is 4.36. The molecule has 0 spiro atoms. The maximum atomic E-state index is 13.8. The summed E-state index contributed by atoms with van der Waals surface area (Å²) in [6.45, 7) is 9.46. The van der Waals surface area contributed by atoms with Crippen molar-refractivity contribution in [2.75, 3.05) is 24.5 Å². The van der Waals surface area contributed by atoms with Crippen molar-refractivity contribution in [2.45, 2.75) is 52.4 Å². The zero-order chi connectivity index (χ0) is 20.5. The highest BCUT2D eigenvalue weighted by molar-refractivity contribution is 6.07. The second-order valence-electron chi connectivity index (χ2n) is 8.44. The monoisotopic (exact) mass is 396 g/mol. The second-order valence-corrected chi connectivity index (χ2v) is 8.44. The molecule has 0 aromatic heterocycles. The minimum absolute atomic E-state index is 0.0131. The van der Waals surface area contributed by atoms with E-state index in [4.69, 9.17) is 4.74 Å². The van der Waals surface area contributed by atoms with Gasteiger partial charge in [-0.3, -0.25) is 9.69 Å². The molecule has 1 amide bonds. The summed E-state index contributed by atoms with van der Waals surface area (Å²) in [5.41, 5.74) is 4.49. The molecule has 154 valence electrons. The highest BCUT2D eigenvalue weighted by Gasteiger charge is 2.26. The van der Waals surface area contributed by atoms with Crippen molar-refractivity contribution in [2.24, 2.45) is 0 Å². The number of hydrogen-bond acceptors (Lipinski definition) is 3. The van der Waals surface area contributed by atoms with Crippen molar-refractivity contribution >= 4 is 11.6 Å². The fourth-order valence-corrected chi connectivity index (χ4v) is 4.70. The molecular formula is C24H29FN2O2. The predicted octanol–water partition coefficient (Wildman–Crippen LogP) is 4.34. The predicted molar refractivity (Wildman–Crippen MR) is 113 cm³/mol. The highest BCUT2D eigenvalue weighted by atomic mass is 19.1. The summed E-state index contributed by atoms with van der Waals surface area (Å²) in [6.07, 6.45) is 2.15. The molecule has 2 unspecified atom stereocenters. The number of amides is 1.